The van der Waals surface area contributed by atoms with Crippen molar-refractivity contribution in [3.05, 3.63) is 0 Å². The van der Waals surface area contributed by atoms with E-state index in [0.29, 0.717) is 12.8 Å². The molecule has 3 N–H and O–H groups in total. The van der Waals surface area contributed by atoms with Crippen LogP contribution in [0.25, 0.3) is 0 Å². The lowest BCUT2D eigenvalue weighted by atomic mass is 9.74. The molecule has 2 amide bonds. The van der Waals surface area contributed by atoms with Crippen LogP contribution >= 0.6 is 0 Å². The van der Waals surface area contributed by atoms with Crippen LogP contribution in [0.15, 0.2) is 0 Å². The Morgan fingerprint density at radius 3 is 2.43 bits per heavy atom. The van der Waals surface area contributed by atoms with Crippen LogP contribution in [-0.2, 0) is 4.79 Å². The Labute approximate surface area is 126 Å². The fourth-order valence-electron chi connectivity index (χ4n) is 3.42. The molecule has 0 unspecified atom stereocenters. The van der Waals surface area contributed by atoms with Crippen LogP contribution in [0.1, 0.15) is 44.9 Å². The van der Waals surface area contributed by atoms with E-state index in [9.17, 15) is 14.7 Å². The molecule has 0 aromatic heterocycles. The molecular weight excluding hydrogens is 270 g/mol. The van der Waals surface area contributed by atoms with Crippen molar-refractivity contribution in [3.8, 4) is 0 Å². The molecule has 6 heteroatoms. The minimum Gasteiger partial charge on any atom is -0.481 e. The van der Waals surface area contributed by atoms with Gasteiger partial charge in [0, 0.05) is 19.6 Å². The first kappa shape index (κ1) is 16.1. The van der Waals surface area contributed by atoms with E-state index in [1.165, 1.54) is 0 Å². The maximum atomic E-state index is 12.3. The standard InChI is InChI=1S/C15H27N3O3/c1-18(12-5-9-16-10-6-12)14(21)17-11-15(13(19)20)7-3-2-4-8-15/h12,16H,2-11H2,1H3,(H,17,21)(H,19,20). The minimum atomic E-state index is -0.771. The number of carbonyl (C=O) groups is 2. The number of nitrogens with zero attached hydrogens (tertiary/aromatic N) is 1. The number of hydrogen-bond donors (Lipinski definition) is 3. The first-order chi connectivity index (χ1) is 10.1. The van der Waals surface area contributed by atoms with Gasteiger partial charge in [0.05, 0.1) is 5.41 Å². The third-order valence-electron chi connectivity index (χ3n) is 5.02. The Hall–Kier alpha value is -1.30. The van der Waals surface area contributed by atoms with Gasteiger partial charge in [0.2, 0.25) is 0 Å². The van der Waals surface area contributed by atoms with Crippen molar-refractivity contribution < 1.29 is 14.7 Å². The van der Waals surface area contributed by atoms with Gasteiger partial charge >= 0.3 is 12.0 Å². The molecule has 6 nitrogen and oxygen atoms in total. The quantitative estimate of drug-likeness (QED) is 0.733. The first-order valence-electron chi connectivity index (χ1n) is 8.00. The zero-order valence-electron chi connectivity index (χ0n) is 12.9. The van der Waals surface area contributed by atoms with Gasteiger partial charge in [0.25, 0.3) is 0 Å². The molecule has 1 saturated carbocycles. The third kappa shape index (κ3) is 3.87. The highest BCUT2D eigenvalue weighted by Crippen LogP contribution is 2.36. The molecule has 2 fully saturated rings. The van der Waals surface area contributed by atoms with E-state index in [4.69, 9.17) is 0 Å². The average Bonchev–Trinajstić information content (AvgIpc) is 2.53. The van der Waals surface area contributed by atoms with Crippen molar-refractivity contribution in [2.45, 2.75) is 51.0 Å². The topological polar surface area (TPSA) is 81.7 Å². The fraction of sp³-hybridized carbons (Fsp3) is 0.867. The second-order valence-corrected chi connectivity index (χ2v) is 6.40. The number of piperidine rings is 1. The predicted molar refractivity (Wildman–Crippen MR) is 80.2 cm³/mol. The number of hydrogen-bond acceptors (Lipinski definition) is 3. The second kappa shape index (κ2) is 7.11. The number of amides is 2. The van der Waals surface area contributed by atoms with E-state index in [2.05, 4.69) is 10.6 Å². The summed E-state index contributed by atoms with van der Waals surface area (Å²) in [7, 11) is 1.81. The maximum absolute atomic E-state index is 12.3. The largest absolute Gasteiger partial charge is 0.481 e. The lowest BCUT2D eigenvalue weighted by molar-refractivity contribution is -0.150. The highest BCUT2D eigenvalue weighted by atomic mass is 16.4. The smallest absolute Gasteiger partial charge is 0.317 e. The van der Waals surface area contributed by atoms with Crippen LogP contribution in [-0.4, -0.2) is 54.7 Å². The van der Waals surface area contributed by atoms with E-state index in [1.54, 1.807) is 11.9 Å². The summed E-state index contributed by atoms with van der Waals surface area (Å²) >= 11 is 0. The van der Waals surface area contributed by atoms with Gasteiger partial charge < -0.3 is 20.6 Å². The molecule has 120 valence electrons. The summed E-state index contributed by atoms with van der Waals surface area (Å²) in [5.41, 5.74) is -0.761. The van der Waals surface area contributed by atoms with Gasteiger partial charge in [-0.15, -0.1) is 0 Å². The second-order valence-electron chi connectivity index (χ2n) is 6.40. The number of urea groups is 1. The average molecular weight is 297 g/mol. The zero-order chi connectivity index (χ0) is 15.3. The van der Waals surface area contributed by atoms with Crippen LogP contribution in [0.5, 0.6) is 0 Å². The summed E-state index contributed by atoms with van der Waals surface area (Å²) in [5.74, 6) is -0.771. The van der Waals surface area contributed by atoms with Crippen molar-refractivity contribution in [1.29, 1.82) is 0 Å². The van der Waals surface area contributed by atoms with Crippen molar-refractivity contribution in [2.24, 2.45) is 5.41 Å². The lowest BCUT2D eigenvalue weighted by Crippen LogP contribution is -2.51. The molecular formula is C15H27N3O3. The van der Waals surface area contributed by atoms with Crippen molar-refractivity contribution >= 4 is 12.0 Å². The molecule has 0 aromatic carbocycles. The van der Waals surface area contributed by atoms with Gasteiger partial charge in [-0.25, -0.2) is 4.79 Å². The highest BCUT2D eigenvalue weighted by molar-refractivity contribution is 5.78. The molecule has 0 atom stereocenters. The summed E-state index contributed by atoms with van der Waals surface area (Å²) in [6.07, 6.45) is 6.21. The number of carboxylic acid groups (broad SMARTS) is 1. The summed E-state index contributed by atoms with van der Waals surface area (Å²) in [6, 6.07) is 0.103. The molecule has 1 aliphatic heterocycles. The van der Waals surface area contributed by atoms with E-state index in [0.717, 1.165) is 45.2 Å². The van der Waals surface area contributed by atoms with Gasteiger partial charge in [0.15, 0.2) is 0 Å². The maximum Gasteiger partial charge on any atom is 0.317 e. The molecule has 0 spiro atoms. The summed E-state index contributed by atoms with van der Waals surface area (Å²) < 4.78 is 0. The number of carboxylic acids is 1. The van der Waals surface area contributed by atoms with Crippen molar-refractivity contribution in [1.82, 2.24) is 15.5 Å². The van der Waals surface area contributed by atoms with Crippen molar-refractivity contribution in [2.75, 3.05) is 26.7 Å². The monoisotopic (exact) mass is 297 g/mol. The number of nitrogens with one attached hydrogen (secondary N) is 2. The summed E-state index contributed by atoms with van der Waals surface area (Å²) in [5, 5.41) is 15.7. The van der Waals surface area contributed by atoms with Crippen LogP contribution in [0.4, 0.5) is 4.79 Å². The zero-order valence-corrected chi connectivity index (χ0v) is 12.9. The Morgan fingerprint density at radius 1 is 1.24 bits per heavy atom. The minimum absolute atomic E-state index is 0.145. The molecule has 0 radical (unpaired) electrons. The fourth-order valence-corrected chi connectivity index (χ4v) is 3.42. The SMILES string of the molecule is CN(C(=O)NCC1(C(=O)O)CCCCC1)C1CCNCC1. The van der Waals surface area contributed by atoms with Crippen LogP contribution < -0.4 is 10.6 Å². The normalized spacial score (nSPS) is 22.5. The van der Waals surface area contributed by atoms with Gasteiger partial charge in [0.1, 0.15) is 0 Å². The number of aliphatic carboxylic acids is 1. The van der Waals surface area contributed by atoms with Gasteiger partial charge in [-0.2, -0.15) is 0 Å². The molecule has 1 aliphatic carbocycles. The molecule has 21 heavy (non-hydrogen) atoms. The van der Waals surface area contributed by atoms with Gasteiger partial charge in [-0.3, -0.25) is 4.79 Å². The van der Waals surface area contributed by atoms with Crippen molar-refractivity contribution in [3.63, 3.8) is 0 Å². The molecule has 1 saturated heterocycles. The van der Waals surface area contributed by atoms with E-state index < -0.39 is 11.4 Å². The Kier molecular flexibility index (Phi) is 5.45. The molecule has 2 rings (SSSR count). The highest BCUT2D eigenvalue weighted by Gasteiger charge is 2.40. The van der Waals surface area contributed by atoms with Crippen LogP contribution in [0, 0.1) is 5.41 Å². The number of rotatable bonds is 4. The van der Waals surface area contributed by atoms with Crippen LogP contribution in [0.3, 0.4) is 0 Å². The van der Waals surface area contributed by atoms with Gasteiger partial charge in [-0.05, 0) is 38.8 Å². The lowest BCUT2D eigenvalue weighted by Gasteiger charge is -2.35. The molecule has 0 bridgehead atoms. The van der Waals surface area contributed by atoms with E-state index in [1.807, 2.05) is 0 Å². The van der Waals surface area contributed by atoms with Crippen LogP contribution in [0.2, 0.25) is 0 Å². The summed E-state index contributed by atoms with van der Waals surface area (Å²) in [6.45, 7) is 2.11. The predicted octanol–water partition coefficient (Wildman–Crippen LogP) is 1.41. The summed E-state index contributed by atoms with van der Waals surface area (Å²) in [4.78, 5) is 25.6. The number of carbonyl (C=O) groups excluding carboxylic acids is 1. The molecule has 1 heterocycles. The van der Waals surface area contributed by atoms with E-state index in [-0.39, 0.29) is 18.6 Å². The first-order valence-corrected chi connectivity index (χ1v) is 8.00. The molecule has 0 aromatic rings. The Balaban J connectivity index is 1.87. The Bertz CT molecular complexity index is 374. The van der Waals surface area contributed by atoms with E-state index >= 15 is 0 Å². The van der Waals surface area contributed by atoms with Gasteiger partial charge in [-0.1, -0.05) is 19.3 Å². The molecule has 2 aliphatic rings. The Morgan fingerprint density at radius 2 is 1.86 bits per heavy atom. The third-order valence-corrected chi connectivity index (χ3v) is 5.02.